The molecule has 0 spiro atoms. The van der Waals surface area contributed by atoms with Crippen LogP contribution >= 0.6 is 0 Å². The normalized spacial score (nSPS) is 11.9. The minimum absolute atomic E-state index is 0.203. The third-order valence-electron chi connectivity index (χ3n) is 4.39. The zero-order valence-corrected chi connectivity index (χ0v) is 15.0. The summed E-state index contributed by atoms with van der Waals surface area (Å²) in [4.78, 5) is 17.6. The summed E-state index contributed by atoms with van der Waals surface area (Å²) in [7, 11) is 0. The smallest absolute Gasteiger partial charge is 0.259 e. The SMILES string of the molecule is Cc1cc(-c2nc(-c3cnc4cnccn34)no2)c2cnn(C(C)C)c2n1. The summed E-state index contributed by atoms with van der Waals surface area (Å²) in [5.41, 5.74) is 3.95. The standard InChI is InChI=1S/C18H16N8O/c1-10(2)26-17-13(7-21-26)12(6-11(3)22-17)18-23-16(24-27-18)14-8-20-15-9-19-4-5-25(14)15/h4-10H,1-3H3. The predicted molar refractivity (Wildman–Crippen MR) is 97.9 cm³/mol. The number of pyridine rings is 1. The van der Waals surface area contributed by atoms with Crippen molar-refractivity contribution < 1.29 is 4.52 Å². The van der Waals surface area contributed by atoms with E-state index in [1.807, 2.05) is 28.3 Å². The third-order valence-corrected chi connectivity index (χ3v) is 4.39. The van der Waals surface area contributed by atoms with Gasteiger partial charge in [0.15, 0.2) is 11.3 Å². The van der Waals surface area contributed by atoms with Crippen LogP contribution in [0.3, 0.4) is 0 Å². The molecule has 0 aromatic carbocycles. The molecule has 0 N–H and O–H groups in total. The maximum atomic E-state index is 5.57. The summed E-state index contributed by atoms with van der Waals surface area (Å²) in [6, 6.07) is 2.14. The quantitative estimate of drug-likeness (QED) is 0.487. The van der Waals surface area contributed by atoms with Crippen LogP contribution in [0, 0.1) is 6.92 Å². The second-order valence-corrected chi connectivity index (χ2v) is 6.60. The van der Waals surface area contributed by atoms with Crippen molar-refractivity contribution in [2.24, 2.45) is 0 Å². The number of rotatable bonds is 3. The largest absolute Gasteiger partial charge is 0.334 e. The molecule has 27 heavy (non-hydrogen) atoms. The molecule has 134 valence electrons. The van der Waals surface area contributed by atoms with E-state index >= 15 is 0 Å². The fourth-order valence-electron chi connectivity index (χ4n) is 3.14. The lowest BCUT2D eigenvalue weighted by molar-refractivity contribution is 0.432. The molecule has 0 atom stereocenters. The van der Waals surface area contributed by atoms with Crippen LogP contribution in [0.25, 0.3) is 39.7 Å². The molecule has 0 saturated carbocycles. The molecule has 9 nitrogen and oxygen atoms in total. The van der Waals surface area contributed by atoms with Gasteiger partial charge >= 0.3 is 0 Å². The molecule has 5 aromatic heterocycles. The average molecular weight is 360 g/mol. The second-order valence-electron chi connectivity index (χ2n) is 6.60. The monoisotopic (exact) mass is 360 g/mol. The van der Waals surface area contributed by atoms with E-state index in [1.165, 1.54) is 0 Å². The number of aromatic nitrogens is 8. The van der Waals surface area contributed by atoms with Crippen LogP contribution in [0.1, 0.15) is 25.6 Å². The summed E-state index contributed by atoms with van der Waals surface area (Å²) in [6.07, 6.45) is 8.68. The van der Waals surface area contributed by atoms with Gasteiger partial charge < -0.3 is 4.52 Å². The number of hydrogen-bond acceptors (Lipinski definition) is 7. The highest BCUT2D eigenvalue weighted by Crippen LogP contribution is 2.30. The van der Waals surface area contributed by atoms with Crippen LogP contribution in [-0.2, 0) is 0 Å². The molecule has 5 aromatic rings. The third kappa shape index (κ3) is 2.39. The minimum Gasteiger partial charge on any atom is -0.334 e. The van der Waals surface area contributed by atoms with E-state index in [4.69, 9.17) is 4.52 Å². The fourth-order valence-corrected chi connectivity index (χ4v) is 3.14. The number of hydrogen-bond donors (Lipinski definition) is 0. The van der Waals surface area contributed by atoms with Crippen molar-refractivity contribution >= 4 is 16.7 Å². The van der Waals surface area contributed by atoms with Gasteiger partial charge in [0, 0.05) is 24.1 Å². The lowest BCUT2D eigenvalue weighted by Crippen LogP contribution is -2.03. The molecule has 0 amide bonds. The highest BCUT2D eigenvalue weighted by atomic mass is 16.5. The average Bonchev–Trinajstić information content (AvgIpc) is 3.38. The first-order chi connectivity index (χ1) is 13.1. The predicted octanol–water partition coefficient (Wildman–Crippen LogP) is 3.08. The summed E-state index contributed by atoms with van der Waals surface area (Å²) < 4.78 is 9.33. The molecule has 0 radical (unpaired) electrons. The zero-order valence-electron chi connectivity index (χ0n) is 15.0. The molecular formula is C18H16N8O. The van der Waals surface area contributed by atoms with E-state index in [-0.39, 0.29) is 6.04 Å². The van der Waals surface area contributed by atoms with Gasteiger partial charge in [-0.15, -0.1) is 0 Å². The Morgan fingerprint density at radius 1 is 1.11 bits per heavy atom. The van der Waals surface area contributed by atoms with Crippen molar-refractivity contribution in [3.63, 3.8) is 0 Å². The van der Waals surface area contributed by atoms with Crippen molar-refractivity contribution in [2.75, 3.05) is 0 Å². The fraction of sp³-hybridized carbons (Fsp3) is 0.222. The van der Waals surface area contributed by atoms with Crippen molar-refractivity contribution in [1.82, 2.24) is 39.3 Å². The Hall–Kier alpha value is -3.62. The Morgan fingerprint density at radius 3 is 2.85 bits per heavy atom. The zero-order chi connectivity index (χ0) is 18.5. The van der Waals surface area contributed by atoms with Crippen molar-refractivity contribution in [3.05, 3.63) is 42.7 Å². The molecule has 0 saturated heterocycles. The van der Waals surface area contributed by atoms with Gasteiger partial charge in [-0.25, -0.2) is 14.6 Å². The Kier molecular flexibility index (Phi) is 3.30. The molecule has 0 unspecified atom stereocenters. The van der Waals surface area contributed by atoms with Gasteiger partial charge in [-0.3, -0.25) is 9.38 Å². The lowest BCUT2D eigenvalue weighted by atomic mass is 10.1. The molecular weight excluding hydrogens is 344 g/mol. The van der Waals surface area contributed by atoms with Crippen molar-refractivity contribution in [2.45, 2.75) is 26.8 Å². The molecule has 9 heteroatoms. The molecule has 5 heterocycles. The maximum Gasteiger partial charge on any atom is 0.259 e. The Balaban J connectivity index is 1.67. The highest BCUT2D eigenvalue weighted by Gasteiger charge is 2.19. The number of fused-ring (bicyclic) bond motifs is 2. The van der Waals surface area contributed by atoms with E-state index < -0.39 is 0 Å². The highest BCUT2D eigenvalue weighted by molar-refractivity contribution is 5.90. The van der Waals surface area contributed by atoms with Crippen molar-refractivity contribution in [3.8, 4) is 23.0 Å². The molecule has 0 bridgehead atoms. The minimum atomic E-state index is 0.203. The van der Waals surface area contributed by atoms with E-state index in [2.05, 4.69) is 44.0 Å². The Morgan fingerprint density at radius 2 is 2.00 bits per heavy atom. The van der Waals surface area contributed by atoms with E-state index in [1.54, 1.807) is 24.8 Å². The maximum absolute atomic E-state index is 5.57. The van der Waals surface area contributed by atoms with Gasteiger partial charge in [0.25, 0.3) is 5.89 Å². The van der Waals surface area contributed by atoms with Crippen LogP contribution in [0.4, 0.5) is 0 Å². The molecule has 0 aliphatic heterocycles. The van der Waals surface area contributed by atoms with Crippen LogP contribution < -0.4 is 0 Å². The molecule has 0 aliphatic rings. The number of aryl methyl sites for hydroxylation is 1. The molecule has 5 rings (SSSR count). The van der Waals surface area contributed by atoms with Gasteiger partial charge in [-0.1, -0.05) is 5.16 Å². The van der Waals surface area contributed by atoms with Crippen LogP contribution in [0.5, 0.6) is 0 Å². The van der Waals surface area contributed by atoms with E-state index in [0.29, 0.717) is 11.7 Å². The first-order valence-electron chi connectivity index (χ1n) is 8.58. The number of nitrogens with zero attached hydrogens (tertiary/aromatic N) is 8. The van der Waals surface area contributed by atoms with E-state index in [9.17, 15) is 0 Å². The number of imidazole rings is 1. The summed E-state index contributed by atoms with van der Waals surface area (Å²) in [5.74, 6) is 0.885. The first-order valence-corrected chi connectivity index (χ1v) is 8.58. The first kappa shape index (κ1) is 15.6. The topological polar surface area (TPSA) is 99.8 Å². The molecule has 0 fully saturated rings. The van der Waals surface area contributed by atoms with Crippen molar-refractivity contribution in [1.29, 1.82) is 0 Å². The van der Waals surface area contributed by atoms with Crippen LogP contribution in [0.15, 0.2) is 41.6 Å². The van der Waals surface area contributed by atoms with Gasteiger partial charge in [-0.05, 0) is 26.8 Å². The second kappa shape index (κ2) is 5.70. The van der Waals surface area contributed by atoms with Gasteiger partial charge in [0.05, 0.1) is 29.5 Å². The summed E-state index contributed by atoms with van der Waals surface area (Å²) in [5, 5.41) is 9.49. The van der Waals surface area contributed by atoms with Gasteiger partial charge in [0.1, 0.15) is 5.69 Å². The molecule has 0 aliphatic carbocycles. The van der Waals surface area contributed by atoms with Gasteiger partial charge in [0.2, 0.25) is 5.82 Å². The lowest BCUT2D eigenvalue weighted by Gasteiger charge is -2.07. The van der Waals surface area contributed by atoms with Crippen LogP contribution in [0.2, 0.25) is 0 Å². The Labute approximate surface area is 153 Å². The summed E-state index contributed by atoms with van der Waals surface area (Å²) in [6.45, 7) is 6.08. The van der Waals surface area contributed by atoms with Gasteiger partial charge in [-0.2, -0.15) is 10.1 Å². The Bertz CT molecular complexity index is 1280. The van der Waals surface area contributed by atoms with Crippen LogP contribution in [-0.4, -0.2) is 39.3 Å². The summed E-state index contributed by atoms with van der Waals surface area (Å²) >= 11 is 0. The van der Waals surface area contributed by atoms with E-state index in [0.717, 1.165) is 33.6 Å².